The van der Waals surface area contributed by atoms with Crippen LogP contribution in [-0.4, -0.2) is 59.8 Å². The third-order valence-electron chi connectivity index (χ3n) is 4.27. The van der Waals surface area contributed by atoms with Crippen molar-refractivity contribution in [1.82, 2.24) is 19.6 Å². The topological polar surface area (TPSA) is 122 Å². The van der Waals surface area contributed by atoms with E-state index in [2.05, 4.69) is 15.1 Å². The van der Waals surface area contributed by atoms with Crippen LogP contribution in [0.25, 0.3) is 5.65 Å². The molecule has 1 aromatic carbocycles. The molecule has 9 nitrogen and oxygen atoms in total. The quantitative estimate of drug-likeness (QED) is 0.576. The van der Waals surface area contributed by atoms with Crippen molar-refractivity contribution < 1.29 is 24.8 Å². The summed E-state index contributed by atoms with van der Waals surface area (Å²) >= 11 is 0. The van der Waals surface area contributed by atoms with Gasteiger partial charge in [0.05, 0.1) is 12.8 Å². The summed E-state index contributed by atoms with van der Waals surface area (Å²) in [5, 5.41) is 33.5. The van der Waals surface area contributed by atoms with Gasteiger partial charge < -0.3 is 24.8 Å². The molecule has 0 amide bonds. The van der Waals surface area contributed by atoms with Crippen molar-refractivity contribution in [2.24, 2.45) is 0 Å². The largest absolute Gasteiger partial charge is 0.483 e. The summed E-state index contributed by atoms with van der Waals surface area (Å²) in [6.45, 7) is -0.0622. The number of benzene rings is 1. The van der Waals surface area contributed by atoms with Gasteiger partial charge in [-0.15, -0.1) is 5.10 Å². The average molecular weight is 358 g/mol. The molecule has 3 heterocycles. The summed E-state index contributed by atoms with van der Waals surface area (Å²) in [6.07, 6.45) is -1.26. The molecular weight excluding hydrogens is 340 g/mol. The number of rotatable bonds is 5. The van der Waals surface area contributed by atoms with Crippen LogP contribution in [-0.2, 0) is 11.3 Å². The fraction of sp³-hybridized carbons (Fsp3) is 0.353. The van der Waals surface area contributed by atoms with Crippen molar-refractivity contribution in [3.05, 3.63) is 54.2 Å². The first-order chi connectivity index (χ1) is 12.7. The Kier molecular flexibility index (Phi) is 4.51. The first-order valence-corrected chi connectivity index (χ1v) is 8.17. The Morgan fingerprint density at radius 3 is 2.69 bits per heavy atom. The van der Waals surface area contributed by atoms with Gasteiger partial charge in [0.15, 0.2) is 11.6 Å². The molecule has 2 aromatic heterocycles. The maximum absolute atomic E-state index is 10.1. The average Bonchev–Trinajstić information content (AvgIpc) is 3.22. The SMILES string of the molecule is OC[C@H]1O[C@@H](c2nc3c(OCc4ccccc4)cncn3n2)[C@H](O)[C@@H]1O. The highest BCUT2D eigenvalue weighted by atomic mass is 16.6. The molecule has 1 aliphatic rings. The zero-order chi connectivity index (χ0) is 18.1. The lowest BCUT2D eigenvalue weighted by molar-refractivity contribution is -0.0252. The van der Waals surface area contributed by atoms with E-state index in [1.165, 1.54) is 17.0 Å². The summed E-state index contributed by atoms with van der Waals surface area (Å²) in [6, 6.07) is 9.67. The van der Waals surface area contributed by atoms with E-state index in [4.69, 9.17) is 9.47 Å². The molecule has 3 N–H and O–H groups in total. The predicted octanol–water partition coefficient (Wildman–Crippen LogP) is -0.143. The minimum Gasteiger partial charge on any atom is -0.483 e. The van der Waals surface area contributed by atoms with Crippen molar-refractivity contribution in [3.63, 3.8) is 0 Å². The lowest BCUT2D eigenvalue weighted by Crippen LogP contribution is -2.32. The summed E-state index contributed by atoms with van der Waals surface area (Å²) in [5.74, 6) is 0.618. The summed E-state index contributed by atoms with van der Waals surface area (Å²) in [4.78, 5) is 8.44. The van der Waals surface area contributed by atoms with Gasteiger partial charge in [-0.05, 0) is 5.56 Å². The summed E-state index contributed by atoms with van der Waals surface area (Å²) in [5.41, 5.74) is 1.42. The Labute approximate surface area is 148 Å². The number of aliphatic hydroxyl groups excluding tert-OH is 3. The van der Waals surface area contributed by atoms with Crippen LogP contribution in [0.1, 0.15) is 17.5 Å². The van der Waals surface area contributed by atoms with Crippen LogP contribution in [0.15, 0.2) is 42.9 Å². The number of hydrogen-bond donors (Lipinski definition) is 3. The molecule has 0 radical (unpaired) electrons. The van der Waals surface area contributed by atoms with E-state index in [-0.39, 0.29) is 5.82 Å². The van der Waals surface area contributed by atoms with E-state index in [1.54, 1.807) is 0 Å². The van der Waals surface area contributed by atoms with Crippen molar-refractivity contribution in [1.29, 1.82) is 0 Å². The normalized spacial score (nSPS) is 25.7. The third kappa shape index (κ3) is 3.01. The Hall–Kier alpha value is -2.59. The molecular formula is C17H18N4O5. The van der Waals surface area contributed by atoms with Crippen LogP contribution < -0.4 is 4.74 Å². The Balaban J connectivity index is 1.59. The van der Waals surface area contributed by atoms with Crippen molar-refractivity contribution in [2.75, 3.05) is 6.61 Å². The fourth-order valence-corrected chi connectivity index (χ4v) is 2.88. The van der Waals surface area contributed by atoms with Gasteiger partial charge in [-0.25, -0.2) is 9.97 Å². The highest BCUT2D eigenvalue weighted by molar-refractivity contribution is 5.51. The van der Waals surface area contributed by atoms with Gasteiger partial charge in [-0.3, -0.25) is 0 Å². The monoisotopic (exact) mass is 358 g/mol. The van der Waals surface area contributed by atoms with E-state index >= 15 is 0 Å². The Morgan fingerprint density at radius 1 is 1.15 bits per heavy atom. The first kappa shape index (κ1) is 16.9. The maximum atomic E-state index is 10.1. The number of aliphatic hydroxyl groups is 3. The number of fused-ring (bicyclic) bond motifs is 1. The van der Waals surface area contributed by atoms with Crippen molar-refractivity contribution in [2.45, 2.75) is 31.0 Å². The second kappa shape index (κ2) is 6.96. The predicted molar refractivity (Wildman–Crippen MR) is 88.3 cm³/mol. The number of aromatic nitrogens is 4. The Bertz CT molecular complexity index is 887. The van der Waals surface area contributed by atoms with Crippen LogP contribution in [0.4, 0.5) is 0 Å². The highest BCUT2D eigenvalue weighted by Gasteiger charge is 2.45. The number of nitrogens with zero attached hydrogens (tertiary/aromatic N) is 4. The molecule has 1 aliphatic heterocycles. The molecule has 3 aromatic rings. The van der Waals surface area contributed by atoms with Crippen LogP contribution in [0, 0.1) is 0 Å². The van der Waals surface area contributed by atoms with Crippen LogP contribution in [0.3, 0.4) is 0 Å². The molecule has 0 bridgehead atoms. The highest BCUT2D eigenvalue weighted by Crippen LogP contribution is 2.32. The molecule has 0 unspecified atom stereocenters. The van der Waals surface area contributed by atoms with Crippen molar-refractivity contribution >= 4 is 5.65 Å². The van der Waals surface area contributed by atoms with Crippen LogP contribution >= 0.6 is 0 Å². The lowest BCUT2D eigenvalue weighted by Gasteiger charge is -2.10. The molecule has 0 saturated carbocycles. The lowest BCUT2D eigenvalue weighted by atomic mass is 10.1. The number of ether oxygens (including phenoxy) is 2. The van der Waals surface area contributed by atoms with Gasteiger partial charge in [-0.1, -0.05) is 30.3 Å². The second-order valence-electron chi connectivity index (χ2n) is 6.03. The molecule has 1 fully saturated rings. The fourth-order valence-electron chi connectivity index (χ4n) is 2.88. The van der Waals surface area contributed by atoms with E-state index in [0.29, 0.717) is 18.0 Å². The van der Waals surface area contributed by atoms with Gasteiger partial charge in [0.25, 0.3) is 0 Å². The summed E-state index contributed by atoms with van der Waals surface area (Å²) < 4.78 is 12.7. The standard InChI is InChI=1S/C17H18N4O5/c22-7-12-13(23)14(24)15(26-12)16-19-17-11(6-18-9-21(17)20-16)25-8-10-4-2-1-3-5-10/h1-6,9,12-15,22-24H,7-8H2/t12-,13-,14-,15-/m1/s1. The molecule has 4 atom stereocenters. The van der Waals surface area contributed by atoms with Gasteiger partial charge in [-0.2, -0.15) is 4.52 Å². The van der Waals surface area contributed by atoms with Gasteiger partial charge in [0.2, 0.25) is 5.65 Å². The third-order valence-corrected chi connectivity index (χ3v) is 4.27. The second-order valence-corrected chi connectivity index (χ2v) is 6.03. The smallest absolute Gasteiger partial charge is 0.201 e. The number of hydrogen-bond acceptors (Lipinski definition) is 8. The maximum Gasteiger partial charge on any atom is 0.201 e. The van der Waals surface area contributed by atoms with Crippen LogP contribution in [0.2, 0.25) is 0 Å². The van der Waals surface area contributed by atoms with E-state index in [0.717, 1.165) is 5.56 Å². The van der Waals surface area contributed by atoms with E-state index in [1.807, 2.05) is 30.3 Å². The summed E-state index contributed by atoms with van der Waals surface area (Å²) in [7, 11) is 0. The van der Waals surface area contributed by atoms with Crippen molar-refractivity contribution in [3.8, 4) is 5.75 Å². The van der Waals surface area contributed by atoms with Crippen LogP contribution in [0.5, 0.6) is 5.75 Å². The van der Waals surface area contributed by atoms with E-state index in [9.17, 15) is 15.3 Å². The molecule has 4 rings (SSSR count). The van der Waals surface area contributed by atoms with Gasteiger partial charge in [0, 0.05) is 0 Å². The molecule has 0 aliphatic carbocycles. The molecule has 0 spiro atoms. The molecule has 136 valence electrons. The molecule has 9 heteroatoms. The minimum absolute atomic E-state index is 0.185. The van der Waals surface area contributed by atoms with E-state index < -0.39 is 31.0 Å². The zero-order valence-corrected chi connectivity index (χ0v) is 13.7. The molecule has 1 saturated heterocycles. The van der Waals surface area contributed by atoms with Gasteiger partial charge in [0.1, 0.15) is 37.4 Å². The van der Waals surface area contributed by atoms with Gasteiger partial charge >= 0.3 is 0 Å². The first-order valence-electron chi connectivity index (χ1n) is 8.17. The molecule has 26 heavy (non-hydrogen) atoms. The zero-order valence-electron chi connectivity index (χ0n) is 13.7. The Morgan fingerprint density at radius 2 is 1.96 bits per heavy atom. The minimum atomic E-state index is -1.23.